The Kier molecular flexibility index (Phi) is 6.05. The number of halogens is 2. The molecule has 37 heavy (non-hydrogen) atoms. The predicted molar refractivity (Wildman–Crippen MR) is 141 cm³/mol. The van der Waals surface area contributed by atoms with Gasteiger partial charge in [0.05, 0.1) is 17.3 Å². The minimum Gasteiger partial charge on any atom is -0.390 e. The highest BCUT2D eigenvalue weighted by Crippen LogP contribution is 2.57. The van der Waals surface area contributed by atoms with E-state index in [4.69, 9.17) is 0 Å². The van der Waals surface area contributed by atoms with Gasteiger partial charge in [-0.3, -0.25) is 9.80 Å². The van der Waals surface area contributed by atoms with Crippen LogP contribution in [0.2, 0.25) is 0 Å². The molecule has 5 aliphatic rings. The van der Waals surface area contributed by atoms with E-state index < -0.39 is 11.5 Å². The van der Waals surface area contributed by atoms with Gasteiger partial charge in [0.25, 0.3) is 0 Å². The number of amides is 1. The summed E-state index contributed by atoms with van der Waals surface area (Å²) in [5.74, 6) is -2.19. The Balaban J connectivity index is 1.03. The fraction of sp³-hybridized carbons (Fsp3) is 0.724. The summed E-state index contributed by atoms with van der Waals surface area (Å²) < 4.78 is 26.9. The van der Waals surface area contributed by atoms with E-state index >= 15 is 0 Å². The van der Waals surface area contributed by atoms with Crippen molar-refractivity contribution in [1.82, 2.24) is 4.90 Å². The molecule has 0 aromatic heterocycles. The summed E-state index contributed by atoms with van der Waals surface area (Å²) in [4.78, 5) is 17.2. The lowest BCUT2D eigenvalue weighted by Crippen LogP contribution is -2.53. The monoisotopic (exact) mass is 514 g/mol. The molecule has 3 aliphatic heterocycles. The van der Waals surface area contributed by atoms with Crippen LogP contribution in [-0.4, -0.2) is 65.9 Å². The van der Waals surface area contributed by atoms with E-state index in [1.165, 1.54) is 0 Å². The predicted octanol–water partition coefficient (Wildman–Crippen LogP) is 5.20. The first-order valence-corrected chi connectivity index (χ1v) is 14.1. The van der Waals surface area contributed by atoms with Gasteiger partial charge in [0.2, 0.25) is 11.8 Å². The largest absolute Gasteiger partial charge is 0.390 e. The number of hydrogen-bond donors (Lipinski definition) is 1. The van der Waals surface area contributed by atoms with E-state index in [1.54, 1.807) is 0 Å². The van der Waals surface area contributed by atoms with Gasteiger partial charge in [0.15, 0.2) is 0 Å². The summed E-state index contributed by atoms with van der Waals surface area (Å²) >= 11 is 0. The van der Waals surface area contributed by atoms with Crippen molar-refractivity contribution < 1.29 is 18.7 Å². The van der Waals surface area contributed by atoms with Crippen LogP contribution in [0, 0.1) is 10.8 Å². The van der Waals surface area contributed by atoms with Gasteiger partial charge in [-0.15, -0.1) is 0 Å². The molecule has 6 nitrogen and oxygen atoms in total. The highest BCUT2D eigenvalue weighted by Gasteiger charge is 2.56. The fourth-order valence-electron chi connectivity index (χ4n) is 7.42. The molecule has 2 saturated carbocycles. The van der Waals surface area contributed by atoms with Gasteiger partial charge in [0, 0.05) is 62.8 Å². The van der Waals surface area contributed by atoms with Crippen LogP contribution >= 0.6 is 0 Å². The molecule has 6 rings (SSSR count). The first kappa shape index (κ1) is 25.1. The Hall–Kier alpha value is -2.22. The van der Waals surface area contributed by atoms with Crippen LogP contribution in [0.15, 0.2) is 29.4 Å². The number of piperidine rings is 2. The normalized spacial score (nSPS) is 29.2. The summed E-state index contributed by atoms with van der Waals surface area (Å²) in [6.07, 6.45) is 9.47. The number of hydrogen-bond acceptors (Lipinski definition) is 5. The SMILES string of the molecule is CC1(C(=O)N2CCC(O)(CC3CC=NN3c3ccc(N4CCC5(CC4)CC(F)(F)C5)cc3)CC2)CCC1. The number of rotatable bonds is 5. The highest BCUT2D eigenvalue weighted by atomic mass is 19.3. The number of alkyl halides is 2. The zero-order chi connectivity index (χ0) is 25.9. The number of aliphatic hydroxyl groups is 1. The molecule has 8 heteroatoms. The van der Waals surface area contributed by atoms with E-state index in [0.29, 0.717) is 32.4 Å². The smallest absolute Gasteiger partial charge is 0.249 e. The summed E-state index contributed by atoms with van der Waals surface area (Å²) in [5, 5.41) is 18.1. The van der Waals surface area contributed by atoms with Crippen molar-refractivity contribution >= 4 is 23.5 Å². The molecule has 0 bridgehead atoms. The number of carbonyl (C=O) groups is 1. The molecule has 4 fully saturated rings. The molecular formula is C29H40F2N4O2. The Morgan fingerprint density at radius 2 is 1.59 bits per heavy atom. The molecule has 1 amide bonds. The molecule has 202 valence electrons. The third kappa shape index (κ3) is 4.75. The molecule has 1 aromatic carbocycles. The molecule has 1 unspecified atom stereocenters. The average molecular weight is 515 g/mol. The van der Waals surface area contributed by atoms with Crippen molar-refractivity contribution in [3.05, 3.63) is 24.3 Å². The van der Waals surface area contributed by atoms with Crippen LogP contribution in [0.4, 0.5) is 20.2 Å². The first-order chi connectivity index (χ1) is 17.6. The first-order valence-electron chi connectivity index (χ1n) is 14.1. The van der Waals surface area contributed by atoms with Crippen molar-refractivity contribution in [2.75, 3.05) is 36.1 Å². The van der Waals surface area contributed by atoms with Crippen molar-refractivity contribution in [2.45, 2.75) is 95.1 Å². The minimum atomic E-state index is -2.45. The van der Waals surface area contributed by atoms with Gasteiger partial charge in [-0.05, 0) is 74.6 Å². The lowest BCUT2D eigenvalue weighted by Gasteiger charge is -2.52. The second kappa shape index (κ2) is 8.92. The quantitative estimate of drug-likeness (QED) is 0.587. The van der Waals surface area contributed by atoms with Crippen LogP contribution in [-0.2, 0) is 4.79 Å². The average Bonchev–Trinajstić information content (AvgIpc) is 3.29. The van der Waals surface area contributed by atoms with Crippen LogP contribution in [0.3, 0.4) is 0 Å². The maximum atomic E-state index is 13.4. The Morgan fingerprint density at radius 1 is 0.973 bits per heavy atom. The van der Waals surface area contributed by atoms with Crippen molar-refractivity contribution in [3.8, 4) is 0 Å². The van der Waals surface area contributed by atoms with Gasteiger partial charge >= 0.3 is 0 Å². The van der Waals surface area contributed by atoms with E-state index in [2.05, 4.69) is 41.2 Å². The highest BCUT2D eigenvalue weighted by molar-refractivity contribution is 5.83. The van der Waals surface area contributed by atoms with E-state index in [9.17, 15) is 18.7 Å². The van der Waals surface area contributed by atoms with Crippen molar-refractivity contribution in [2.24, 2.45) is 15.9 Å². The van der Waals surface area contributed by atoms with E-state index in [-0.39, 0.29) is 35.6 Å². The maximum Gasteiger partial charge on any atom is 0.249 e. The molecule has 1 N–H and O–H groups in total. The van der Waals surface area contributed by atoms with Gasteiger partial charge in [0.1, 0.15) is 0 Å². The number of hydrazone groups is 1. The minimum absolute atomic E-state index is 0.0567. The van der Waals surface area contributed by atoms with Crippen LogP contribution < -0.4 is 9.91 Å². The van der Waals surface area contributed by atoms with E-state index in [1.807, 2.05) is 16.1 Å². The van der Waals surface area contributed by atoms with Crippen molar-refractivity contribution in [3.63, 3.8) is 0 Å². The zero-order valence-electron chi connectivity index (χ0n) is 22.0. The molecule has 3 heterocycles. The lowest BCUT2D eigenvalue weighted by atomic mass is 9.61. The van der Waals surface area contributed by atoms with Gasteiger partial charge in [-0.2, -0.15) is 5.10 Å². The topological polar surface area (TPSA) is 59.4 Å². The molecule has 1 spiro atoms. The Labute approximate surface area is 218 Å². The maximum absolute atomic E-state index is 13.4. The summed E-state index contributed by atoms with van der Waals surface area (Å²) in [7, 11) is 0. The van der Waals surface area contributed by atoms with Crippen molar-refractivity contribution in [1.29, 1.82) is 0 Å². The number of benzene rings is 1. The van der Waals surface area contributed by atoms with Gasteiger partial charge < -0.3 is 14.9 Å². The van der Waals surface area contributed by atoms with Crippen LogP contribution in [0.5, 0.6) is 0 Å². The van der Waals surface area contributed by atoms with Gasteiger partial charge in [-0.25, -0.2) is 8.78 Å². The molecule has 2 saturated heterocycles. The molecule has 0 radical (unpaired) electrons. The summed E-state index contributed by atoms with van der Waals surface area (Å²) in [5.41, 5.74) is 1.02. The van der Waals surface area contributed by atoms with Crippen LogP contribution in [0.25, 0.3) is 0 Å². The molecule has 2 aliphatic carbocycles. The second-order valence-electron chi connectivity index (χ2n) is 12.9. The van der Waals surface area contributed by atoms with E-state index in [0.717, 1.165) is 63.0 Å². The number of anilines is 2. The van der Waals surface area contributed by atoms with Crippen LogP contribution in [0.1, 0.15) is 77.6 Å². The standard InChI is InChI=1S/C29H40F2N4O2/c1-26(8-2-9-26)25(36)34-17-12-28(37,13-18-34)19-24-7-14-32-35(24)23-5-3-22(4-6-23)33-15-10-27(11-16-33)20-29(30,31)21-27/h3-6,14,24,37H,2,7-13,15-21H2,1H3. The molecule has 1 atom stereocenters. The van der Waals surface area contributed by atoms with Gasteiger partial charge in [-0.1, -0.05) is 13.3 Å². The zero-order valence-corrected chi connectivity index (χ0v) is 22.0. The number of carbonyl (C=O) groups excluding carboxylic acids is 1. The third-order valence-electron chi connectivity index (χ3n) is 10.1. The Morgan fingerprint density at radius 3 is 2.16 bits per heavy atom. The molecule has 1 aromatic rings. The number of nitrogens with zero attached hydrogens (tertiary/aromatic N) is 4. The Bertz CT molecular complexity index is 1030. The fourth-order valence-corrected chi connectivity index (χ4v) is 7.42. The third-order valence-corrected chi connectivity index (χ3v) is 10.1. The lowest BCUT2D eigenvalue weighted by molar-refractivity contribution is -0.168. The molecular weight excluding hydrogens is 474 g/mol. The second-order valence-corrected chi connectivity index (χ2v) is 12.9. The number of likely N-dealkylation sites (tertiary alicyclic amines) is 1. The summed E-state index contributed by atoms with van der Waals surface area (Å²) in [6.45, 7) is 4.98. The summed E-state index contributed by atoms with van der Waals surface area (Å²) in [6, 6.07) is 8.47.